The molecule has 10 heteroatoms. The van der Waals surface area contributed by atoms with Crippen molar-refractivity contribution in [2.24, 2.45) is 11.1 Å². The number of nitrogens with one attached hydrogen (secondary N) is 1. The number of carbonyl (C=O) groups excluding carboxylic acids is 2. The molecule has 2 amide bonds. The number of pyridine rings is 1. The number of nitrogens with two attached hydrogens (primary N) is 1. The quantitative estimate of drug-likeness (QED) is 0.553. The lowest BCUT2D eigenvalue weighted by molar-refractivity contribution is 0.0457. The summed E-state index contributed by atoms with van der Waals surface area (Å²) in [6.07, 6.45) is 5.15. The molecule has 2 aromatic heterocycles. The van der Waals surface area contributed by atoms with Gasteiger partial charge in [-0.3, -0.25) is 4.79 Å². The molecule has 5 rings (SSSR count). The van der Waals surface area contributed by atoms with Crippen molar-refractivity contribution in [3.63, 3.8) is 0 Å². The van der Waals surface area contributed by atoms with Gasteiger partial charge in [0.1, 0.15) is 11.6 Å². The molecule has 0 atom stereocenters. The van der Waals surface area contributed by atoms with Gasteiger partial charge in [0.05, 0.1) is 0 Å². The minimum Gasteiger partial charge on any atom is -0.441 e. The fourth-order valence-electron chi connectivity index (χ4n) is 4.96. The van der Waals surface area contributed by atoms with Crippen molar-refractivity contribution in [1.82, 2.24) is 15.5 Å². The first-order valence-corrected chi connectivity index (χ1v) is 11.5. The van der Waals surface area contributed by atoms with Crippen LogP contribution in [0, 0.1) is 11.2 Å². The van der Waals surface area contributed by atoms with Crippen LogP contribution in [-0.2, 0) is 11.3 Å². The highest BCUT2D eigenvalue weighted by atomic mass is 19.1. The molecule has 1 aromatic carbocycles. The van der Waals surface area contributed by atoms with Crippen molar-refractivity contribution in [3.8, 4) is 11.1 Å². The summed E-state index contributed by atoms with van der Waals surface area (Å²) in [5, 5.41) is 6.39. The number of hydrogen-bond donors (Lipinski definition) is 2. The second kappa shape index (κ2) is 9.36. The number of piperidine rings is 1. The van der Waals surface area contributed by atoms with Crippen LogP contribution in [0.15, 0.2) is 53.2 Å². The van der Waals surface area contributed by atoms with Crippen molar-refractivity contribution in [2.45, 2.75) is 38.3 Å². The molecule has 2 fully saturated rings. The Morgan fingerprint density at radius 1 is 1.17 bits per heavy atom. The Morgan fingerprint density at radius 3 is 2.63 bits per heavy atom. The Hall–Kier alpha value is -3.95. The maximum absolute atomic E-state index is 13.5. The third-order valence-corrected chi connectivity index (χ3v) is 6.89. The summed E-state index contributed by atoms with van der Waals surface area (Å²) in [7, 11) is 0. The van der Waals surface area contributed by atoms with Crippen molar-refractivity contribution in [3.05, 3.63) is 65.9 Å². The van der Waals surface area contributed by atoms with Crippen LogP contribution >= 0.6 is 0 Å². The number of halogens is 1. The van der Waals surface area contributed by atoms with Gasteiger partial charge < -0.3 is 25.2 Å². The molecule has 1 spiro atoms. The number of benzene rings is 1. The molecule has 35 heavy (non-hydrogen) atoms. The van der Waals surface area contributed by atoms with Crippen LogP contribution in [-0.4, -0.2) is 41.3 Å². The molecule has 0 bridgehead atoms. The molecule has 1 saturated carbocycles. The van der Waals surface area contributed by atoms with Crippen molar-refractivity contribution < 1.29 is 23.2 Å². The van der Waals surface area contributed by atoms with E-state index in [-0.39, 0.29) is 35.3 Å². The lowest BCUT2D eigenvalue weighted by atomic mass is 9.60. The first kappa shape index (κ1) is 22.8. The van der Waals surface area contributed by atoms with Gasteiger partial charge in [0, 0.05) is 37.0 Å². The van der Waals surface area contributed by atoms with Gasteiger partial charge in [0.25, 0.3) is 5.91 Å². The van der Waals surface area contributed by atoms with E-state index in [1.54, 1.807) is 12.3 Å². The fourth-order valence-corrected chi connectivity index (χ4v) is 4.96. The smallest absolute Gasteiger partial charge is 0.407 e. The van der Waals surface area contributed by atoms with E-state index < -0.39 is 12.0 Å². The second-order valence-corrected chi connectivity index (χ2v) is 9.27. The van der Waals surface area contributed by atoms with Crippen LogP contribution in [0.2, 0.25) is 0 Å². The molecule has 3 aromatic rings. The predicted molar refractivity (Wildman–Crippen MR) is 125 cm³/mol. The first-order chi connectivity index (χ1) is 16.9. The molecule has 3 N–H and O–H groups in total. The standard InChI is InChI=1S/C25H26FN5O4/c26-18-3-1-2-16(10-18)17-4-5-22(28-14-17)31-8-6-25(7-9-31)12-19(13-25)29-24(33)34-15-20-11-21(23(27)32)30-35-20/h1-5,10-11,14,19H,6-9,12-13,15H2,(H2,27,32)(H,29,33). The number of rotatable bonds is 6. The molecule has 9 nitrogen and oxygen atoms in total. The third kappa shape index (κ3) is 5.11. The summed E-state index contributed by atoms with van der Waals surface area (Å²) in [4.78, 5) is 30.0. The summed E-state index contributed by atoms with van der Waals surface area (Å²) in [6.45, 7) is 1.68. The van der Waals surface area contributed by atoms with E-state index in [2.05, 4.69) is 20.4 Å². The van der Waals surface area contributed by atoms with E-state index in [1.165, 1.54) is 18.2 Å². The van der Waals surface area contributed by atoms with Gasteiger partial charge in [-0.15, -0.1) is 0 Å². The second-order valence-electron chi connectivity index (χ2n) is 9.27. The van der Waals surface area contributed by atoms with Gasteiger partial charge in [0.2, 0.25) is 0 Å². The number of ether oxygens (including phenoxy) is 1. The Kier molecular flexibility index (Phi) is 6.10. The number of amides is 2. The maximum Gasteiger partial charge on any atom is 0.407 e. The van der Waals surface area contributed by atoms with Gasteiger partial charge in [-0.25, -0.2) is 14.2 Å². The van der Waals surface area contributed by atoms with Crippen LogP contribution in [0.5, 0.6) is 0 Å². The highest BCUT2D eigenvalue weighted by molar-refractivity contribution is 5.90. The normalized spacial score (nSPS) is 17.1. The van der Waals surface area contributed by atoms with Crippen LogP contribution in [0.4, 0.5) is 15.0 Å². The van der Waals surface area contributed by atoms with Crippen LogP contribution < -0.4 is 16.0 Å². The fraction of sp³-hybridized carbons (Fsp3) is 0.360. The Bertz CT molecular complexity index is 1210. The lowest BCUT2D eigenvalue weighted by Gasteiger charge is -2.52. The molecule has 182 valence electrons. The average molecular weight is 480 g/mol. The topological polar surface area (TPSA) is 124 Å². The zero-order valence-corrected chi connectivity index (χ0v) is 19.1. The monoisotopic (exact) mass is 479 g/mol. The number of alkyl carbamates (subject to hydrolysis) is 1. The van der Waals surface area contributed by atoms with Crippen LogP contribution in [0.25, 0.3) is 11.1 Å². The van der Waals surface area contributed by atoms with Gasteiger partial charge in [-0.2, -0.15) is 0 Å². The first-order valence-electron chi connectivity index (χ1n) is 11.5. The number of hydrogen-bond acceptors (Lipinski definition) is 7. The Labute approximate surface area is 201 Å². The van der Waals surface area contributed by atoms with Gasteiger partial charge in [-0.1, -0.05) is 17.3 Å². The lowest BCUT2D eigenvalue weighted by Crippen LogP contribution is -2.55. The minimum absolute atomic E-state index is 0.00554. The summed E-state index contributed by atoms with van der Waals surface area (Å²) in [5.74, 6) is 0.212. The highest BCUT2D eigenvalue weighted by Gasteiger charge is 2.46. The van der Waals surface area contributed by atoms with Gasteiger partial charge >= 0.3 is 6.09 Å². The van der Waals surface area contributed by atoms with Crippen molar-refractivity contribution >= 4 is 17.8 Å². The SMILES string of the molecule is NC(=O)c1cc(COC(=O)NC2CC3(CCN(c4ccc(-c5cccc(F)c5)cn4)CC3)C2)on1. The van der Waals surface area contributed by atoms with E-state index in [0.717, 1.165) is 55.7 Å². The number of carbonyl (C=O) groups is 2. The zero-order chi connectivity index (χ0) is 24.4. The van der Waals surface area contributed by atoms with Crippen molar-refractivity contribution in [2.75, 3.05) is 18.0 Å². The minimum atomic E-state index is -0.702. The number of anilines is 1. The van der Waals surface area contributed by atoms with E-state index in [4.69, 9.17) is 15.0 Å². The Morgan fingerprint density at radius 2 is 1.97 bits per heavy atom. The number of nitrogens with zero attached hydrogens (tertiary/aromatic N) is 3. The molecule has 0 radical (unpaired) electrons. The largest absolute Gasteiger partial charge is 0.441 e. The summed E-state index contributed by atoms with van der Waals surface area (Å²) < 4.78 is 23.6. The third-order valence-electron chi connectivity index (χ3n) is 6.89. The molecular formula is C25H26FN5O4. The summed E-state index contributed by atoms with van der Waals surface area (Å²) in [6, 6.07) is 11.9. The maximum atomic E-state index is 13.5. The summed E-state index contributed by atoms with van der Waals surface area (Å²) in [5.41, 5.74) is 7.04. The molecule has 1 aliphatic heterocycles. The average Bonchev–Trinajstić information content (AvgIpc) is 3.32. The van der Waals surface area contributed by atoms with Crippen LogP contribution in [0.3, 0.4) is 0 Å². The molecule has 3 heterocycles. The van der Waals surface area contributed by atoms with Crippen molar-refractivity contribution in [1.29, 1.82) is 0 Å². The van der Waals surface area contributed by atoms with Gasteiger partial charge in [0.15, 0.2) is 18.1 Å². The van der Waals surface area contributed by atoms with E-state index in [1.807, 2.05) is 18.2 Å². The molecule has 1 aliphatic carbocycles. The van der Waals surface area contributed by atoms with Gasteiger partial charge in [-0.05, 0) is 60.9 Å². The summed E-state index contributed by atoms with van der Waals surface area (Å²) >= 11 is 0. The van der Waals surface area contributed by atoms with E-state index in [0.29, 0.717) is 0 Å². The number of primary amides is 1. The zero-order valence-electron chi connectivity index (χ0n) is 19.1. The highest BCUT2D eigenvalue weighted by Crippen LogP contribution is 2.49. The van der Waals surface area contributed by atoms with E-state index in [9.17, 15) is 14.0 Å². The van der Waals surface area contributed by atoms with E-state index >= 15 is 0 Å². The molecule has 0 unspecified atom stereocenters. The molecule has 2 aliphatic rings. The molecule has 1 saturated heterocycles. The molecular weight excluding hydrogens is 453 g/mol. The van der Waals surface area contributed by atoms with Crippen LogP contribution in [0.1, 0.15) is 41.9 Å². The predicted octanol–water partition coefficient (Wildman–Crippen LogP) is 3.65. The number of aromatic nitrogens is 2. The Balaban J connectivity index is 1.06.